The van der Waals surface area contributed by atoms with Gasteiger partial charge in [0.1, 0.15) is 5.82 Å². The van der Waals surface area contributed by atoms with Gasteiger partial charge < -0.3 is 10.1 Å². The minimum absolute atomic E-state index is 0.148. The van der Waals surface area contributed by atoms with Crippen molar-refractivity contribution >= 4 is 21.4 Å². The van der Waals surface area contributed by atoms with Crippen LogP contribution < -0.4 is 5.32 Å². The summed E-state index contributed by atoms with van der Waals surface area (Å²) in [6.45, 7) is 9.17. The molecule has 0 amide bonds. The molecule has 0 aliphatic rings. The monoisotopic (exact) mass is 295 g/mol. The number of hydrogen-bond donors (Lipinski definition) is 1. The van der Waals surface area contributed by atoms with E-state index in [1.54, 1.807) is 17.4 Å². The van der Waals surface area contributed by atoms with E-state index in [1.165, 1.54) is 10.9 Å². The predicted molar refractivity (Wildman–Crippen MR) is 83.7 cm³/mol. The fraction of sp³-hybridized carbons (Fsp3) is 0.500. The Morgan fingerprint density at radius 3 is 2.85 bits per heavy atom. The van der Waals surface area contributed by atoms with E-state index in [-0.39, 0.29) is 5.82 Å². The number of nitrogens with one attached hydrogen (secondary N) is 1. The predicted octanol–water partition coefficient (Wildman–Crippen LogP) is 4.32. The van der Waals surface area contributed by atoms with Crippen LogP contribution in [-0.2, 0) is 17.9 Å². The normalized spacial score (nSPS) is 11.7. The van der Waals surface area contributed by atoms with E-state index >= 15 is 0 Å². The molecule has 0 spiro atoms. The second-order valence-corrected chi connectivity index (χ2v) is 6.44. The van der Waals surface area contributed by atoms with Gasteiger partial charge in [0.15, 0.2) is 0 Å². The molecule has 0 aliphatic carbocycles. The summed E-state index contributed by atoms with van der Waals surface area (Å²) in [5.74, 6) is 0.339. The highest BCUT2D eigenvalue weighted by Crippen LogP contribution is 2.33. The summed E-state index contributed by atoms with van der Waals surface area (Å²) < 4.78 is 20.8. The molecule has 0 saturated carbocycles. The van der Waals surface area contributed by atoms with Gasteiger partial charge in [-0.2, -0.15) is 0 Å². The first-order chi connectivity index (χ1) is 9.63. The molecule has 1 aromatic carbocycles. The SMILES string of the molecule is CCNCc1sc2cccc(F)c2c1COCC(C)C. The Bertz CT molecular complexity index is 565. The lowest BCUT2D eigenvalue weighted by molar-refractivity contribution is 0.0974. The molecule has 2 rings (SSSR count). The van der Waals surface area contributed by atoms with E-state index in [2.05, 4.69) is 26.1 Å². The number of thiophene rings is 1. The summed E-state index contributed by atoms with van der Waals surface area (Å²) in [6, 6.07) is 5.27. The third kappa shape index (κ3) is 3.57. The number of benzene rings is 1. The van der Waals surface area contributed by atoms with Gasteiger partial charge in [0.2, 0.25) is 0 Å². The van der Waals surface area contributed by atoms with Crippen molar-refractivity contribution in [3.63, 3.8) is 0 Å². The zero-order valence-electron chi connectivity index (χ0n) is 12.3. The molecule has 0 unspecified atom stereocenters. The molecule has 1 heterocycles. The van der Waals surface area contributed by atoms with Crippen LogP contribution in [0, 0.1) is 11.7 Å². The Morgan fingerprint density at radius 2 is 2.15 bits per heavy atom. The standard InChI is InChI=1S/C16H22FNOS/c1-4-18-8-15-12(10-19-9-11(2)3)16-13(17)6-5-7-14(16)20-15/h5-7,11,18H,4,8-10H2,1-3H3. The lowest BCUT2D eigenvalue weighted by Crippen LogP contribution is -2.12. The molecule has 0 radical (unpaired) electrons. The van der Waals surface area contributed by atoms with Gasteiger partial charge in [0.25, 0.3) is 0 Å². The first kappa shape index (κ1) is 15.4. The number of fused-ring (bicyclic) bond motifs is 1. The van der Waals surface area contributed by atoms with Gasteiger partial charge in [-0.3, -0.25) is 0 Å². The maximum Gasteiger partial charge on any atom is 0.132 e. The minimum Gasteiger partial charge on any atom is -0.376 e. The molecular weight excluding hydrogens is 273 g/mol. The smallest absolute Gasteiger partial charge is 0.132 e. The summed E-state index contributed by atoms with van der Waals surface area (Å²) in [5.41, 5.74) is 1.00. The first-order valence-corrected chi connectivity index (χ1v) is 7.92. The van der Waals surface area contributed by atoms with Gasteiger partial charge in [-0.05, 0) is 24.6 Å². The fourth-order valence-electron chi connectivity index (χ4n) is 2.15. The zero-order chi connectivity index (χ0) is 14.5. The average molecular weight is 295 g/mol. The molecule has 1 N–H and O–H groups in total. The zero-order valence-corrected chi connectivity index (χ0v) is 13.1. The highest BCUT2D eigenvalue weighted by Gasteiger charge is 2.15. The molecule has 20 heavy (non-hydrogen) atoms. The van der Waals surface area contributed by atoms with E-state index in [1.807, 2.05) is 6.07 Å². The second-order valence-electron chi connectivity index (χ2n) is 5.31. The van der Waals surface area contributed by atoms with Crippen molar-refractivity contribution in [2.24, 2.45) is 5.92 Å². The largest absolute Gasteiger partial charge is 0.376 e. The quantitative estimate of drug-likeness (QED) is 0.821. The van der Waals surface area contributed by atoms with Crippen molar-refractivity contribution in [1.29, 1.82) is 0 Å². The Morgan fingerprint density at radius 1 is 1.35 bits per heavy atom. The summed E-state index contributed by atoms with van der Waals surface area (Å²) >= 11 is 1.65. The van der Waals surface area contributed by atoms with E-state index < -0.39 is 0 Å². The van der Waals surface area contributed by atoms with Gasteiger partial charge in [-0.1, -0.05) is 26.8 Å². The highest BCUT2D eigenvalue weighted by atomic mass is 32.1. The third-order valence-corrected chi connectivity index (χ3v) is 4.28. The van der Waals surface area contributed by atoms with Crippen LogP contribution in [0.3, 0.4) is 0 Å². The molecule has 0 saturated heterocycles. The van der Waals surface area contributed by atoms with Crippen LogP contribution >= 0.6 is 11.3 Å². The van der Waals surface area contributed by atoms with Crippen LogP contribution in [0.2, 0.25) is 0 Å². The maximum atomic E-state index is 14.1. The first-order valence-electron chi connectivity index (χ1n) is 7.10. The molecular formula is C16H22FNOS. The van der Waals surface area contributed by atoms with E-state index in [4.69, 9.17) is 4.74 Å². The van der Waals surface area contributed by atoms with Crippen LogP contribution in [0.1, 0.15) is 31.2 Å². The van der Waals surface area contributed by atoms with Gasteiger partial charge in [-0.15, -0.1) is 11.3 Å². The molecule has 0 fully saturated rings. The molecule has 2 aromatic rings. The highest BCUT2D eigenvalue weighted by molar-refractivity contribution is 7.19. The van der Waals surface area contributed by atoms with Crippen LogP contribution in [0.15, 0.2) is 18.2 Å². The third-order valence-electron chi connectivity index (χ3n) is 3.08. The van der Waals surface area contributed by atoms with Crippen molar-refractivity contribution in [3.05, 3.63) is 34.5 Å². The number of ether oxygens (including phenoxy) is 1. The van der Waals surface area contributed by atoms with Crippen LogP contribution in [0.4, 0.5) is 4.39 Å². The van der Waals surface area contributed by atoms with Gasteiger partial charge in [0, 0.05) is 33.7 Å². The van der Waals surface area contributed by atoms with E-state index in [0.717, 1.165) is 28.7 Å². The van der Waals surface area contributed by atoms with Crippen molar-refractivity contribution < 1.29 is 9.13 Å². The molecule has 0 bridgehead atoms. The van der Waals surface area contributed by atoms with Crippen molar-refractivity contribution in [3.8, 4) is 0 Å². The number of rotatable bonds is 7. The van der Waals surface area contributed by atoms with Crippen LogP contribution in [0.25, 0.3) is 10.1 Å². The van der Waals surface area contributed by atoms with Crippen molar-refractivity contribution in [2.45, 2.75) is 33.9 Å². The number of hydrogen-bond acceptors (Lipinski definition) is 3. The number of halogens is 1. The lowest BCUT2D eigenvalue weighted by atomic mass is 10.1. The Labute approximate surface area is 124 Å². The Kier molecular flexibility index (Phi) is 5.52. The van der Waals surface area contributed by atoms with Crippen molar-refractivity contribution in [1.82, 2.24) is 5.32 Å². The second kappa shape index (κ2) is 7.16. The summed E-state index contributed by atoms with van der Waals surface area (Å²) in [5, 5.41) is 4.05. The summed E-state index contributed by atoms with van der Waals surface area (Å²) in [6.07, 6.45) is 0. The molecule has 110 valence electrons. The van der Waals surface area contributed by atoms with Gasteiger partial charge >= 0.3 is 0 Å². The minimum atomic E-state index is -0.148. The molecule has 4 heteroatoms. The van der Waals surface area contributed by atoms with Crippen LogP contribution in [0.5, 0.6) is 0 Å². The lowest BCUT2D eigenvalue weighted by Gasteiger charge is -2.09. The summed E-state index contributed by atoms with van der Waals surface area (Å²) in [4.78, 5) is 1.18. The van der Waals surface area contributed by atoms with Gasteiger partial charge in [0.05, 0.1) is 6.61 Å². The molecule has 0 aliphatic heterocycles. The summed E-state index contributed by atoms with van der Waals surface area (Å²) in [7, 11) is 0. The maximum absolute atomic E-state index is 14.1. The van der Waals surface area contributed by atoms with E-state index in [9.17, 15) is 4.39 Å². The van der Waals surface area contributed by atoms with Gasteiger partial charge in [-0.25, -0.2) is 4.39 Å². The van der Waals surface area contributed by atoms with E-state index in [0.29, 0.717) is 19.1 Å². The Balaban J connectivity index is 2.30. The topological polar surface area (TPSA) is 21.3 Å². The molecule has 0 atom stereocenters. The Hall–Kier alpha value is -0.970. The molecule has 1 aromatic heterocycles. The van der Waals surface area contributed by atoms with Crippen molar-refractivity contribution in [2.75, 3.05) is 13.2 Å². The fourth-order valence-corrected chi connectivity index (χ4v) is 3.34. The average Bonchev–Trinajstić information content (AvgIpc) is 2.75. The molecule has 2 nitrogen and oxygen atoms in total. The van der Waals surface area contributed by atoms with Crippen LogP contribution in [-0.4, -0.2) is 13.2 Å².